The van der Waals surface area contributed by atoms with Crippen LogP contribution in [0.15, 0.2) is 24.3 Å². The zero-order valence-electron chi connectivity index (χ0n) is 14.8. The molecule has 1 fully saturated rings. The highest BCUT2D eigenvalue weighted by atomic mass is 19.4. The lowest BCUT2D eigenvalue weighted by Crippen LogP contribution is -2.41. The van der Waals surface area contributed by atoms with E-state index in [0.717, 1.165) is 12.1 Å². The standard InChI is InChI=1S/C17H18F7NO4/c18-14(19)28-8-11(9-2-1-3-10(6-9)29-15(20)21)25-13(27)7-12(26)16(4-5-16)17(22,23)24/h1-3,6,11-12,14-15,26H,4-5,7-8H2,(H,25,27)/t11?,12-/m0/s1. The predicted octanol–water partition coefficient (Wildman–Crippen LogP) is 3.78. The fraction of sp³-hybridized carbons (Fsp3) is 0.588. The highest BCUT2D eigenvalue weighted by molar-refractivity contribution is 5.77. The van der Waals surface area contributed by atoms with Crippen LogP contribution in [-0.4, -0.2) is 43.1 Å². The molecule has 0 aliphatic heterocycles. The van der Waals surface area contributed by atoms with Crippen molar-refractivity contribution in [2.45, 2.75) is 50.8 Å². The average Bonchev–Trinajstić information content (AvgIpc) is 3.39. The smallest absolute Gasteiger partial charge is 0.396 e. The number of carbonyl (C=O) groups is 1. The van der Waals surface area contributed by atoms with E-state index in [-0.39, 0.29) is 24.2 Å². The minimum absolute atomic E-state index is 0.0450. The number of aliphatic hydroxyl groups excluding tert-OH is 1. The van der Waals surface area contributed by atoms with Crippen molar-refractivity contribution in [3.05, 3.63) is 29.8 Å². The summed E-state index contributed by atoms with van der Waals surface area (Å²) in [6.45, 7) is -7.15. The van der Waals surface area contributed by atoms with E-state index in [1.165, 1.54) is 12.1 Å². The van der Waals surface area contributed by atoms with Gasteiger partial charge in [0.05, 0.1) is 30.6 Å². The van der Waals surface area contributed by atoms with Crippen LogP contribution in [0.25, 0.3) is 0 Å². The van der Waals surface area contributed by atoms with Crippen molar-refractivity contribution in [2.75, 3.05) is 6.61 Å². The molecule has 0 radical (unpaired) electrons. The normalized spacial score (nSPS) is 17.9. The van der Waals surface area contributed by atoms with Crippen molar-refractivity contribution in [1.82, 2.24) is 5.32 Å². The molecule has 12 heteroatoms. The molecule has 1 saturated carbocycles. The molecule has 29 heavy (non-hydrogen) atoms. The minimum Gasteiger partial charge on any atom is -0.435 e. The number of halogens is 7. The summed E-state index contributed by atoms with van der Waals surface area (Å²) in [5, 5.41) is 12.0. The number of hydrogen-bond acceptors (Lipinski definition) is 4. The maximum absolute atomic E-state index is 13.0. The van der Waals surface area contributed by atoms with E-state index < -0.39 is 55.9 Å². The highest BCUT2D eigenvalue weighted by Gasteiger charge is 2.67. The molecular weight excluding hydrogens is 415 g/mol. The van der Waals surface area contributed by atoms with Crippen LogP contribution in [0.4, 0.5) is 30.7 Å². The molecule has 164 valence electrons. The summed E-state index contributed by atoms with van der Waals surface area (Å²) in [7, 11) is 0. The topological polar surface area (TPSA) is 67.8 Å². The summed E-state index contributed by atoms with van der Waals surface area (Å²) in [4.78, 5) is 12.1. The van der Waals surface area contributed by atoms with Gasteiger partial charge in [0.25, 0.3) is 0 Å². The summed E-state index contributed by atoms with van der Waals surface area (Å²) in [6.07, 6.45) is -8.26. The van der Waals surface area contributed by atoms with Gasteiger partial charge in [-0.2, -0.15) is 30.7 Å². The van der Waals surface area contributed by atoms with Crippen molar-refractivity contribution < 1.29 is 50.1 Å². The van der Waals surface area contributed by atoms with Gasteiger partial charge in [-0.3, -0.25) is 4.79 Å². The third-order valence-electron chi connectivity index (χ3n) is 4.58. The quantitative estimate of drug-likeness (QED) is 0.552. The first kappa shape index (κ1) is 23.2. The molecule has 0 bridgehead atoms. The zero-order valence-corrected chi connectivity index (χ0v) is 14.8. The van der Waals surface area contributed by atoms with Crippen LogP contribution >= 0.6 is 0 Å². The fourth-order valence-electron chi connectivity index (χ4n) is 2.86. The number of carbonyl (C=O) groups excluding carboxylic acids is 1. The van der Waals surface area contributed by atoms with Gasteiger partial charge >= 0.3 is 19.4 Å². The molecule has 1 amide bonds. The van der Waals surface area contributed by atoms with Crippen molar-refractivity contribution in [3.63, 3.8) is 0 Å². The van der Waals surface area contributed by atoms with E-state index in [1.807, 2.05) is 0 Å². The first-order chi connectivity index (χ1) is 13.4. The maximum Gasteiger partial charge on any atom is 0.396 e. The molecule has 0 heterocycles. The number of benzene rings is 1. The number of aliphatic hydroxyl groups is 1. The van der Waals surface area contributed by atoms with Crippen molar-refractivity contribution in [3.8, 4) is 5.75 Å². The molecule has 5 nitrogen and oxygen atoms in total. The summed E-state index contributed by atoms with van der Waals surface area (Å²) < 4.78 is 96.8. The number of rotatable bonds is 10. The van der Waals surface area contributed by atoms with Crippen molar-refractivity contribution >= 4 is 5.91 Å². The molecule has 0 saturated heterocycles. The van der Waals surface area contributed by atoms with Gasteiger partial charge in [0.2, 0.25) is 5.91 Å². The van der Waals surface area contributed by atoms with Gasteiger partial charge in [-0.25, -0.2) is 0 Å². The van der Waals surface area contributed by atoms with Gasteiger partial charge in [-0.05, 0) is 30.5 Å². The Kier molecular flexibility index (Phi) is 7.33. The van der Waals surface area contributed by atoms with Gasteiger partial charge in [0.1, 0.15) is 5.75 Å². The molecule has 1 aliphatic carbocycles. The fourth-order valence-corrected chi connectivity index (χ4v) is 2.86. The van der Waals surface area contributed by atoms with Crippen LogP contribution < -0.4 is 10.1 Å². The highest BCUT2D eigenvalue weighted by Crippen LogP contribution is 2.60. The van der Waals surface area contributed by atoms with E-state index in [0.29, 0.717) is 0 Å². The second-order valence-electron chi connectivity index (χ2n) is 6.54. The van der Waals surface area contributed by atoms with Crippen LogP contribution in [0.1, 0.15) is 30.9 Å². The van der Waals surface area contributed by atoms with E-state index in [4.69, 9.17) is 0 Å². The Bertz CT molecular complexity index is 695. The van der Waals surface area contributed by atoms with E-state index in [9.17, 15) is 40.6 Å². The summed E-state index contributed by atoms with van der Waals surface area (Å²) in [5.41, 5.74) is -2.31. The van der Waals surface area contributed by atoms with Gasteiger partial charge in [0, 0.05) is 0 Å². The van der Waals surface area contributed by atoms with Crippen molar-refractivity contribution in [1.29, 1.82) is 0 Å². The summed E-state index contributed by atoms with van der Waals surface area (Å²) in [6, 6.07) is 3.46. The largest absolute Gasteiger partial charge is 0.435 e. The first-order valence-electron chi connectivity index (χ1n) is 8.43. The Hall–Kier alpha value is -2.08. The molecular formula is C17H18F7NO4. The summed E-state index contributed by atoms with van der Waals surface area (Å²) in [5.74, 6) is -1.36. The number of nitrogens with one attached hydrogen (secondary N) is 1. The van der Waals surface area contributed by atoms with Crippen LogP contribution in [0.2, 0.25) is 0 Å². The first-order valence-corrected chi connectivity index (χ1v) is 8.43. The lowest BCUT2D eigenvalue weighted by atomic mass is 9.95. The van der Waals surface area contributed by atoms with Gasteiger partial charge in [-0.1, -0.05) is 12.1 Å². The SMILES string of the molecule is O=C(C[C@H](O)C1(C(F)(F)F)CC1)NC(COC(F)F)c1cccc(OC(F)F)c1. The Balaban J connectivity index is 2.09. The number of amides is 1. The molecule has 0 aromatic heterocycles. The molecule has 2 rings (SSSR count). The molecule has 2 atom stereocenters. The molecule has 0 spiro atoms. The van der Waals surface area contributed by atoms with Crippen molar-refractivity contribution in [2.24, 2.45) is 5.41 Å². The monoisotopic (exact) mass is 433 g/mol. The van der Waals surface area contributed by atoms with E-state index in [1.54, 1.807) is 0 Å². The molecule has 1 aliphatic rings. The lowest BCUT2D eigenvalue weighted by Gasteiger charge is -2.26. The summed E-state index contributed by atoms with van der Waals surface area (Å²) >= 11 is 0. The second kappa shape index (κ2) is 9.16. The predicted molar refractivity (Wildman–Crippen MR) is 84.3 cm³/mol. The number of ether oxygens (including phenoxy) is 2. The average molecular weight is 433 g/mol. The Labute approximate surface area is 160 Å². The minimum atomic E-state index is -4.69. The Morgan fingerprint density at radius 2 is 1.83 bits per heavy atom. The van der Waals surface area contributed by atoms with E-state index in [2.05, 4.69) is 14.8 Å². The maximum atomic E-state index is 13.0. The molecule has 1 aromatic rings. The third kappa shape index (κ3) is 6.20. The Morgan fingerprint density at radius 1 is 1.17 bits per heavy atom. The van der Waals surface area contributed by atoms with Crippen LogP contribution in [0, 0.1) is 5.41 Å². The number of alkyl halides is 7. The van der Waals surface area contributed by atoms with Crippen LogP contribution in [0.5, 0.6) is 5.75 Å². The van der Waals surface area contributed by atoms with Gasteiger partial charge in [0.15, 0.2) is 0 Å². The third-order valence-corrected chi connectivity index (χ3v) is 4.58. The molecule has 2 N–H and O–H groups in total. The molecule has 1 unspecified atom stereocenters. The Morgan fingerprint density at radius 3 is 2.34 bits per heavy atom. The number of hydrogen-bond donors (Lipinski definition) is 2. The van der Waals surface area contributed by atoms with Crippen LogP contribution in [-0.2, 0) is 9.53 Å². The molecule has 1 aromatic carbocycles. The van der Waals surface area contributed by atoms with Gasteiger partial charge in [-0.15, -0.1) is 0 Å². The zero-order chi connectivity index (χ0) is 21.8. The second-order valence-corrected chi connectivity index (χ2v) is 6.54. The van der Waals surface area contributed by atoms with E-state index >= 15 is 0 Å². The van der Waals surface area contributed by atoms with Gasteiger partial charge < -0.3 is 19.9 Å². The lowest BCUT2D eigenvalue weighted by molar-refractivity contribution is -0.214. The van der Waals surface area contributed by atoms with Crippen LogP contribution in [0.3, 0.4) is 0 Å².